The molecule has 2 N–H and O–H groups in total. The standard InChI is InChI=1S/C11H12ClNO4S/c12-9-3-1-2-4-10(9)18(16,17)6-5-8(7-13)11(14)15/h1-4,7-8,13H,5-6H2,(H,14,15). The molecular weight excluding hydrogens is 278 g/mol. The van der Waals surface area contributed by atoms with Crippen LogP contribution in [0, 0.1) is 11.3 Å². The molecule has 1 aromatic carbocycles. The van der Waals surface area contributed by atoms with E-state index in [4.69, 9.17) is 22.1 Å². The summed E-state index contributed by atoms with van der Waals surface area (Å²) in [6.07, 6.45) is 0.580. The third kappa shape index (κ3) is 3.54. The molecule has 5 nitrogen and oxygen atoms in total. The molecule has 7 heteroatoms. The molecule has 1 rings (SSSR count). The summed E-state index contributed by atoms with van der Waals surface area (Å²) in [5.41, 5.74) is 0. The van der Waals surface area contributed by atoms with Crippen molar-refractivity contribution in [2.45, 2.75) is 11.3 Å². The van der Waals surface area contributed by atoms with Gasteiger partial charge in [0.05, 0.1) is 21.6 Å². The van der Waals surface area contributed by atoms with Crippen LogP contribution in [0.3, 0.4) is 0 Å². The molecule has 1 atom stereocenters. The van der Waals surface area contributed by atoms with Crippen LogP contribution in [-0.2, 0) is 14.6 Å². The molecule has 18 heavy (non-hydrogen) atoms. The first kappa shape index (κ1) is 14.7. The van der Waals surface area contributed by atoms with Crippen molar-refractivity contribution in [1.82, 2.24) is 0 Å². The van der Waals surface area contributed by atoms with E-state index in [1.54, 1.807) is 12.1 Å². The number of aliphatic carboxylic acids is 1. The lowest BCUT2D eigenvalue weighted by Gasteiger charge is -2.08. The van der Waals surface area contributed by atoms with Crippen molar-refractivity contribution < 1.29 is 18.3 Å². The molecule has 0 aromatic heterocycles. The second-order valence-corrected chi connectivity index (χ2v) is 6.13. The van der Waals surface area contributed by atoms with Gasteiger partial charge in [-0.3, -0.25) is 4.79 Å². The summed E-state index contributed by atoms with van der Waals surface area (Å²) in [7, 11) is -3.63. The van der Waals surface area contributed by atoms with Crippen molar-refractivity contribution in [3.05, 3.63) is 29.3 Å². The zero-order chi connectivity index (χ0) is 13.8. The van der Waals surface area contributed by atoms with Crippen molar-refractivity contribution >= 4 is 33.6 Å². The molecule has 0 heterocycles. The Labute approximate surface area is 110 Å². The molecule has 0 spiro atoms. The van der Waals surface area contributed by atoms with Gasteiger partial charge in [0, 0.05) is 6.21 Å². The number of carboxylic acid groups (broad SMARTS) is 1. The van der Waals surface area contributed by atoms with Gasteiger partial charge < -0.3 is 10.5 Å². The van der Waals surface area contributed by atoms with Crippen LogP contribution < -0.4 is 0 Å². The highest BCUT2D eigenvalue weighted by Gasteiger charge is 2.22. The first-order valence-corrected chi connectivity index (χ1v) is 7.12. The summed E-state index contributed by atoms with van der Waals surface area (Å²) >= 11 is 5.78. The Morgan fingerprint density at radius 3 is 2.56 bits per heavy atom. The van der Waals surface area contributed by atoms with Gasteiger partial charge in [0.25, 0.3) is 0 Å². The van der Waals surface area contributed by atoms with Gasteiger partial charge in [0.2, 0.25) is 0 Å². The van der Waals surface area contributed by atoms with Crippen molar-refractivity contribution in [3.63, 3.8) is 0 Å². The first-order valence-electron chi connectivity index (χ1n) is 5.09. The Morgan fingerprint density at radius 2 is 2.06 bits per heavy atom. The fourth-order valence-electron chi connectivity index (χ4n) is 1.37. The average Bonchev–Trinajstić information content (AvgIpc) is 2.29. The fourth-order valence-corrected chi connectivity index (χ4v) is 3.29. The predicted octanol–water partition coefficient (Wildman–Crippen LogP) is 1.85. The Morgan fingerprint density at radius 1 is 1.44 bits per heavy atom. The molecule has 0 saturated carbocycles. The number of rotatable bonds is 6. The molecule has 0 saturated heterocycles. The molecule has 0 fully saturated rings. The summed E-state index contributed by atoms with van der Waals surface area (Å²) in [5.74, 6) is -2.66. The minimum Gasteiger partial charge on any atom is -0.481 e. The van der Waals surface area contributed by atoms with Crippen molar-refractivity contribution in [2.75, 3.05) is 5.75 Å². The molecular formula is C11H12ClNO4S. The van der Waals surface area contributed by atoms with E-state index in [1.807, 2.05) is 0 Å². The first-order chi connectivity index (χ1) is 8.38. The van der Waals surface area contributed by atoms with Crippen LogP contribution in [0.2, 0.25) is 5.02 Å². The summed E-state index contributed by atoms with van der Waals surface area (Å²) < 4.78 is 23.9. The van der Waals surface area contributed by atoms with E-state index in [-0.39, 0.29) is 22.1 Å². The lowest BCUT2D eigenvalue weighted by atomic mass is 10.1. The summed E-state index contributed by atoms with van der Waals surface area (Å²) in [4.78, 5) is 10.7. The molecule has 0 bridgehead atoms. The van der Waals surface area contributed by atoms with Gasteiger partial charge in [-0.05, 0) is 18.6 Å². The highest BCUT2D eigenvalue weighted by atomic mass is 35.5. The van der Waals surface area contributed by atoms with Gasteiger partial charge in [-0.1, -0.05) is 23.7 Å². The smallest absolute Gasteiger partial charge is 0.311 e. The van der Waals surface area contributed by atoms with E-state index in [2.05, 4.69) is 0 Å². The van der Waals surface area contributed by atoms with Crippen LogP contribution in [0.5, 0.6) is 0 Å². The lowest BCUT2D eigenvalue weighted by Crippen LogP contribution is -2.19. The van der Waals surface area contributed by atoms with Crippen LogP contribution >= 0.6 is 11.6 Å². The second kappa shape index (κ2) is 5.97. The van der Waals surface area contributed by atoms with Crippen molar-refractivity contribution in [2.24, 2.45) is 5.92 Å². The minimum atomic E-state index is -3.63. The zero-order valence-electron chi connectivity index (χ0n) is 9.34. The molecule has 1 unspecified atom stereocenters. The Hall–Kier alpha value is -1.40. The number of carboxylic acids is 1. The Kier molecular flexibility index (Phi) is 4.86. The molecule has 0 aliphatic rings. The minimum absolute atomic E-state index is 0.0132. The van der Waals surface area contributed by atoms with E-state index in [0.717, 1.165) is 6.21 Å². The predicted molar refractivity (Wildman–Crippen MR) is 68.0 cm³/mol. The van der Waals surface area contributed by atoms with Crippen LogP contribution in [0.25, 0.3) is 0 Å². The summed E-state index contributed by atoms with van der Waals surface area (Å²) in [5, 5.41) is 15.8. The third-order valence-corrected chi connectivity index (χ3v) is 4.63. The topological polar surface area (TPSA) is 95.3 Å². The molecule has 1 aromatic rings. The molecule has 0 amide bonds. The number of halogens is 1. The molecule has 0 radical (unpaired) electrons. The Bertz CT molecular complexity index is 556. The number of sulfone groups is 1. The summed E-state index contributed by atoms with van der Waals surface area (Å²) in [6, 6.07) is 5.99. The fraction of sp³-hybridized carbons (Fsp3) is 0.273. The second-order valence-electron chi connectivity index (χ2n) is 3.65. The SMILES string of the molecule is N=CC(CCS(=O)(=O)c1ccccc1Cl)C(=O)O. The molecule has 0 aliphatic carbocycles. The van der Waals surface area contributed by atoms with E-state index >= 15 is 0 Å². The van der Waals surface area contributed by atoms with Crippen molar-refractivity contribution in [1.29, 1.82) is 5.41 Å². The number of benzene rings is 1. The highest BCUT2D eigenvalue weighted by molar-refractivity contribution is 7.91. The van der Waals surface area contributed by atoms with Gasteiger partial charge in [-0.15, -0.1) is 0 Å². The largest absolute Gasteiger partial charge is 0.481 e. The quantitative estimate of drug-likeness (QED) is 0.781. The number of nitrogens with one attached hydrogen (secondary N) is 1. The van der Waals surface area contributed by atoms with Gasteiger partial charge in [-0.2, -0.15) is 0 Å². The van der Waals surface area contributed by atoms with E-state index in [9.17, 15) is 13.2 Å². The summed E-state index contributed by atoms with van der Waals surface area (Å²) in [6.45, 7) is 0. The maximum Gasteiger partial charge on any atom is 0.311 e. The maximum atomic E-state index is 11.9. The van der Waals surface area contributed by atoms with E-state index in [0.29, 0.717) is 0 Å². The number of hydrogen-bond acceptors (Lipinski definition) is 4. The lowest BCUT2D eigenvalue weighted by molar-refractivity contribution is -0.139. The Balaban J connectivity index is 2.87. The average molecular weight is 290 g/mol. The van der Waals surface area contributed by atoms with Gasteiger partial charge in [0.1, 0.15) is 0 Å². The number of carbonyl (C=O) groups is 1. The monoisotopic (exact) mass is 289 g/mol. The maximum absolute atomic E-state index is 11.9. The highest BCUT2D eigenvalue weighted by Crippen LogP contribution is 2.22. The van der Waals surface area contributed by atoms with E-state index in [1.165, 1.54) is 12.1 Å². The molecule has 98 valence electrons. The molecule has 0 aliphatic heterocycles. The van der Waals surface area contributed by atoms with Crippen LogP contribution in [0.1, 0.15) is 6.42 Å². The van der Waals surface area contributed by atoms with Gasteiger partial charge >= 0.3 is 5.97 Å². The van der Waals surface area contributed by atoms with E-state index < -0.39 is 21.7 Å². The normalized spacial score (nSPS) is 12.9. The van der Waals surface area contributed by atoms with Gasteiger partial charge in [-0.25, -0.2) is 8.42 Å². The van der Waals surface area contributed by atoms with Crippen LogP contribution in [0.15, 0.2) is 29.2 Å². The van der Waals surface area contributed by atoms with Crippen LogP contribution in [-0.4, -0.2) is 31.5 Å². The number of hydrogen-bond donors (Lipinski definition) is 2. The third-order valence-electron chi connectivity index (χ3n) is 2.39. The van der Waals surface area contributed by atoms with Gasteiger partial charge in [0.15, 0.2) is 9.84 Å². The van der Waals surface area contributed by atoms with Crippen LogP contribution in [0.4, 0.5) is 0 Å². The zero-order valence-corrected chi connectivity index (χ0v) is 10.9. The van der Waals surface area contributed by atoms with Crippen molar-refractivity contribution in [3.8, 4) is 0 Å².